The summed E-state index contributed by atoms with van der Waals surface area (Å²) in [6, 6.07) is 23.9. The highest BCUT2D eigenvalue weighted by molar-refractivity contribution is 5.95. The normalized spacial score (nSPS) is 17.4. The quantitative estimate of drug-likeness (QED) is 0.264. The molecule has 0 amide bonds. The molecule has 2 fully saturated rings. The summed E-state index contributed by atoms with van der Waals surface area (Å²) in [5.74, 6) is 0.816. The van der Waals surface area contributed by atoms with E-state index in [0.29, 0.717) is 13.2 Å². The molecule has 200 valence electrons. The fourth-order valence-electron chi connectivity index (χ4n) is 6.33. The predicted octanol–water partition coefficient (Wildman–Crippen LogP) is 6.28. The number of likely N-dealkylation sites (tertiary alicyclic amines) is 1. The van der Waals surface area contributed by atoms with E-state index in [9.17, 15) is 0 Å². The monoisotopic (exact) mass is 520 g/mol. The maximum Gasteiger partial charge on any atom is 0.157 e. The van der Waals surface area contributed by atoms with Crippen molar-refractivity contribution in [2.75, 3.05) is 31.1 Å². The third-order valence-corrected chi connectivity index (χ3v) is 8.48. The molecule has 4 heterocycles. The van der Waals surface area contributed by atoms with E-state index in [4.69, 9.17) is 9.72 Å². The van der Waals surface area contributed by atoms with Crippen molar-refractivity contribution in [3.63, 3.8) is 0 Å². The van der Waals surface area contributed by atoms with Crippen molar-refractivity contribution in [2.45, 2.75) is 51.4 Å². The number of aromatic amines is 2. The Labute approximate surface area is 229 Å². The van der Waals surface area contributed by atoms with E-state index >= 15 is 0 Å². The molecule has 7 heteroatoms. The molecule has 2 aromatic heterocycles. The van der Waals surface area contributed by atoms with Gasteiger partial charge in [-0.2, -0.15) is 5.10 Å². The molecule has 0 bridgehead atoms. The van der Waals surface area contributed by atoms with Gasteiger partial charge >= 0.3 is 0 Å². The number of anilines is 1. The van der Waals surface area contributed by atoms with Crippen LogP contribution in [0.5, 0.6) is 0 Å². The van der Waals surface area contributed by atoms with Crippen LogP contribution in [0.25, 0.3) is 33.5 Å². The van der Waals surface area contributed by atoms with Crippen LogP contribution in [0.1, 0.15) is 43.2 Å². The number of H-pyrrole nitrogens is 2. The second-order valence-corrected chi connectivity index (χ2v) is 11.0. The Morgan fingerprint density at radius 3 is 2.54 bits per heavy atom. The van der Waals surface area contributed by atoms with Gasteiger partial charge in [-0.15, -0.1) is 0 Å². The molecule has 2 aliphatic rings. The van der Waals surface area contributed by atoms with Gasteiger partial charge in [-0.3, -0.25) is 5.10 Å². The highest BCUT2D eigenvalue weighted by atomic mass is 16.5. The highest BCUT2D eigenvalue weighted by Crippen LogP contribution is 2.31. The van der Waals surface area contributed by atoms with Gasteiger partial charge in [-0.05, 0) is 62.5 Å². The minimum Gasteiger partial charge on any atom is -0.372 e. The summed E-state index contributed by atoms with van der Waals surface area (Å²) in [7, 11) is 0. The van der Waals surface area contributed by atoms with Crippen molar-refractivity contribution in [2.24, 2.45) is 0 Å². The zero-order valence-electron chi connectivity index (χ0n) is 22.4. The summed E-state index contributed by atoms with van der Waals surface area (Å²) in [6.45, 7) is 5.91. The minimum absolute atomic E-state index is 0.508. The van der Waals surface area contributed by atoms with E-state index in [1.807, 2.05) is 18.2 Å². The van der Waals surface area contributed by atoms with Crippen LogP contribution in [0.2, 0.25) is 0 Å². The Balaban J connectivity index is 1.06. The van der Waals surface area contributed by atoms with E-state index in [1.165, 1.54) is 56.4 Å². The first-order chi connectivity index (χ1) is 19.3. The molecule has 2 saturated heterocycles. The lowest BCUT2D eigenvalue weighted by Crippen LogP contribution is -2.46. The molecular weight excluding hydrogens is 484 g/mol. The zero-order chi connectivity index (χ0) is 26.0. The Kier molecular flexibility index (Phi) is 6.77. The standard InChI is InChI=1S/C32H36N6O/c1-3-8-23(9-4-1)21-39-22-24-10-7-11-27-30(24)35-36-31(27)32-33-28-13-12-26(20-29(28)34-32)38-18-14-25(15-19-38)37-16-5-2-6-17-37/h1,3-4,7-13,20,25H,2,5-6,14-19,21-22H2,(H,33,34)(H,35,36). The molecule has 0 unspecified atom stereocenters. The minimum atomic E-state index is 0.508. The Morgan fingerprint density at radius 1 is 0.846 bits per heavy atom. The van der Waals surface area contributed by atoms with Gasteiger partial charge in [0.05, 0.1) is 29.8 Å². The first kappa shape index (κ1) is 24.4. The van der Waals surface area contributed by atoms with E-state index in [2.05, 4.69) is 73.5 Å². The maximum atomic E-state index is 6.00. The topological polar surface area (TPSA) is 73.1 Å². The lowest BCUT2D eigenvalue weighted by molar-refractivity contribution is 0.108. The average molecular weight is 521 g/mol. The molecule has 0 saturated carbocycles. The van der Waals surface area contributed by atoms with Crippen molar-refractivity contribution < 1.29 is 4.74 Å². The van der Waals surface area contributed by atoms with Crippen molar-refractivity contribution in [1.82, 2.24) is 25.1 Å². The molecule has 0 radical (unpaired) electrons. The maximum absolute atomic E-state index is 6.00. The molecule has 2 aliphatic heterocycles. The van der Waals surface area contributed by atoms with Gasteiger partial charge in [0.15, 0.2) is 5.82 Å². The van der Waals surface area contributed by atoms with Gasteiger partial charge in [-0.1, -0.05) is 55.0 Å². The van der Waals surface area contributed by atoms with Crippen LogP contribution in [-0.4, -0.2) is 57.3 Å². The second-order valence-electron chi connectivity index (χ2n) is 11.0. The van der Waals surface area contributed by atoms with Crippen molar-refractivity contribution in [3.8, 4) is 11.5 Å². The molecule has 7 nitrogen and oxygen atoms in total. The van der Waals surface area contributed by atoms with Crippen LogP contribution in [0, 0.1) is 0 Å². The number of ether oxygens (including phenoxy) is 1. The van der Waals surface area contributed by atoms with E-state index in [-0.39, 0.29) is 0 Å². The molecule has 7 rings (SSSR count). The summed E-state index contributed by atoms with van der Waals surface area (Å²) >= 11 is 0. The average Bonchev–Trinajstić information content (AvgIpc) is 3.63. The summed E-state index contributed by atoms with van der Waals surface area (Å²) in [4.78, 5) is 13.8. The third kappa shape index (κ3) is 5.04. The number of piperidine rings is 2. The van der Waals surface area contributed by atoms with Crippen LogP contribution in [0.15, 0.2) is 66.7 Å². The van der Waals surface area contributed by atoms with Crippen LogP contribution < -0.4 is 4.90 Å². The van der Waals surface area contributed by atoms with E-state index in [1.54, 1.807) is 0 Å². The molecule has 0 aliphatic carbocycles. The van der Waals surface area contributed by atoms with Gasteiger partial charge in [0.2, 0.25) is 0 Å². The third-order valence-electron chi connectivity index (χ3n) is 8.48. The summed E-state index contributed by atoms with van der Waals surface area (Å²) < 4.78 is 6.00. The number of rotatable bonds is 7. The fraction of sp³-hybridized carbons (Fsp3) is 0.375. The molecule has 39 heavy (non-hydrogen) atoms. The van der Waals surface area contributed by atoms with Crippen molar-refractivity contribution in [3.05, 3.63) is 77.9 Å². The molecule has 5 aromatic rings. The number of para-hydroxylation sites is 1. The fourth-order valence-corrected chi connectivity index (χ4v) is 6.33. The number of benzene rings is 3. The first-order valence-corrected chi connectivity index (χ1v) is 14.4. The Morgan fingerprint density at radius 2 is 1.69 bits per heavy atom. The largest absolute Gasteiger partial charge is 0.372 e. The summed E-state index contributed by atoms with van der Waals surface area (Å²) in [5, 5.41) is 8.94. The lowest BCUT2D eigenvalue weighted by Gasteiger charge is -2.41. The van der Waals surface area contributed by atoms with Gasteiger partial charge < -0.3 is 19.5 Å². The number of nitrogens with zero attached hydrogens (tertiary/aromatic N) is 4. The predicted molar refractivity (Wildman–Crippen MR) is 157 cm³/mol. The number of imidazole rings is 1. The molecule has 3 aromatic carbocycles. The molecule has 2 N–H and O–H groups in total. The van der Waals surface area contributed by atoms with E-state index < -0.39 is 0 Å². The van der Waals surface area contributed by atoms with Crippen LogP contribution in [0.3, 0.4) is 0 Å². The van der Waals surface area contributed by atoms with Gasteiger partial charge in [0.1, 0.15) is 5.69 Å². The number of hydrogen-bond acceptors (Lipinski definition) is 5. The molecule has 0 spiro atoms. The summed E-state index contributed by atoms with van der Waals surface area (Å²) in [6.07, 6.45) is 6.65. The van der Waals surface area contributed by atoms with Gasteiger partial charge in [0, 0.05) is 35.8 Å². The Bertz CT molecular complexity index is 1540. The number of hydrogen-bond donors (Lipinski definition) is 2. The van der Waals surface area contributed by atoms with Crippen LogP contribution >= 0.6 is 0 Å². The van der Waals surface area contributed by atoms with Gasteiger partial charge in [-0.25, -0.2) is 4.98 Å². The van der Waals surface area contributed by atoms with Crippen molar-refractivity contribution >= 4 is 27.6 Å². The SMILES string of the molecule is c1ccc(COCc2cccc3c(-c4nc5ccc(N6CCC(N7CCCCC7)CC6)cc5[nH]4)[nH]nc23)cc1. The van der Waals surface area contributed by atoms with Gasteiger partial charge in [0.25, 0.3) is 0 Å². The smallest absolute Gasteiger partial charge is 0.157 e. The van der Waals surface area contributed by atoms with Crippen LogP contribution in [0.4, 0.5) is 5.69 Å². The first-order valence-electron chi connectivity index (χ1n) is 14.4. The Hall–Kier alpha value is -3.68. The zero-order valence-corrected chi connectivity index (χ0v) is 22.4. The molecular formula is C32H36N6O. The van der Waals surface area contributed by atoms with Crippen molar-refractivity contribution in [1.29, 1.82) is 0 Å². The van der Waals surface area contributed by atoms with E-state index in [0.717, 1.165) is 58.1 Å². The molecule has 0 atom stereocenters. The number of nitrogens with one attached hydrogen (secondary N) is 2. The lowest BCUT2D eigenvalue weighted by atomic mass is 9.99. The highest BCUT2D eigenvalue weighted by Gasteiger charge is 2.26. The second kappa shape index (κ2) is 10.8. The van der Waals surface area contributed by atoms with Crippen LogP contribution in [-0.2, 0) is 18.0 Å². The number of aromatic nitrogens is 4. The number of fused-ring (bicyclic) bond motifs is 2. The summed E-state index contributed by atoms with van der Waals surface area (Å²) in [5.41, 5.74) is 7.39.